The molecule has 1 heterocycles. The van der Waals surface area contributed by atoms with Crippen LogP contribution in [0.3, 0.4) is 0 Å². The van der Waals surface area contributed by atoms with Crippen LogP contribution in [0.25, 0.3) is 0 Å². The summed E-state index contributed by atoms with van der Waals surface area (Å²) in [4.78, 5) is 23.1. The molecule has 0 fully saturated rings. The van der Waals surface area contributed by atoms with Gasteiger partial charge in [0.05, 0.1) is 17.1 Å². The number of benzene rings is 2. The van der Waals surface area contributed by atoms with Gasteiger partial charge in [0, 0.05) is 12.6 Å². The summed E-state index contributed by atoms with van der Waals surface area (Å²) < 4.78 is 131. The van der Waals surface area contributed by atoms with E-state index in [-0.39, 0.29) is 5.69 Å². The largest absolute Gasteiger partial charge is 0.484 e. The number of nitrogens with zero attached hydrogens (tertiary/aromatic N) is 1. The van der Waals surface area contributed by atoms with Crippen LogP contribution in [0.4, 0.5) is 46.9 Å². The first-order valence-corrected chi connectivity index (χ1v) is 12.7. The second-order valence-electron chi connectivity index (χ2n) is 9.07. The van der Waals surface area contributed by atoms with Crippen molar-refractivity contribution in [3.05, 3.63) is 48.3 Å². The zero-order valence-corrected chi connectivity index (χ0v) is 21.7. The van der Waals surface area contributed by atoms with Crippen LogP contribution in [0.5, 0.6) is 5.75 Å². The van der Waals surface area contributed by atoms with Crippen LogP contribution >= 0.6 is 0 Å². The molecule has 0 spiro atoms. The molecule has 0 unspecified atom stereocenters. The van der Waals surface area contributed by atoms with Crippen molar-refractivity contribution in [3.8, 4) is 5.75 Å². The third-order valence-corrected chi connectivity index (χ3v) is 7.41. The fourth-order valence-corrected chi connectivity index (χ4v) is 5.00. The van der Waals surface area contributed by atoms with Gasteiger partial charge in [-0.2, -0.15) is 26.3 Å². The molecule has 3 rings (SSSR count). The molecule has 2 N–H and O–H groups in total. The Kier molecular flexibility index (Phi) is 8.21. The third kappa shape index (κ3) is 6.68. The predicted molar refractivity (Wildman–Crippen MR) is 126 cm³/mol. The van der Waals surface area contributed by atoms with Crippen LogP contribution < -0.4 is 19.7 Å². The predicted octanol–water partition coefficient (Wildman–Crippen LogP) is 4.74. The molecule has 1 aliphatic heterocycles. The van der Waals surface area contributed by atoms with Crippen molar-refractivity contribution in [2.24, 2.45) is 0 Å². The van der Waals surface area contributed by atoms with E-state index in [4.69, 9.17) is 4.74 Å². The Balaban J connectivity index is 2.05. The van der Waals surface area contributed by atoms with Crippen molar-refractivity contribution >= 4 is 33.4 Å². The smallest absolute Gasteiger partial charge is 0.427 e. The van der Waals surface area contributed by atoms with E-state index in [0.29, 0.717) is 18.2 Å². The Morgan fingerprint density at radius 1 is 1.05 bits per heavy atom. The number of amides is 2. The summed E-state index contributed by atoms with van der Waals surface area (Å²) in [5.74, 6) is -2.31. The molecule has 40 heavy (non-hydrogen) atoms. The summed E-state index contributed by atoms with van der Waals surface area (Å²) in [6, 6.07) is 3.60. The Morgan fingerprint density at radius 3 is 2.17 bits per heavy atom. The second-order valence-corrected chi connectivity index (χ2v) is 10.9. The third-order valence-electron chi connectivity index (χ3n) is 5.61. The average molecular weight is 601 g/mol. The molecule has 2 atom stereocenters. The number of carbonyl (C=O) groups excluding carboxylic acids is 2. The number of fused-ring (bicyclic) bond motifs is 1. The first kappa shape index (κ1) is 30.8. The quantitative estimate of drug-likeness (QED) is 0.463. The lowest BCUT2D eigenvalue weighted by Crippen LogP contribution is -2.59. The van der Waals surface area contributed by atoms with Crippen molar-refractivity contribution in [1.29, 1.82) is 0 Å². The first-order chi connectivity index (χ1) is 18.2. The van der Waals surface area contributed by atoms with Gasteiger partial charge in [-0.05, 0) is 56.3 Å². The van der Waals surface area contributed by atoms with Crippen molar-refractivity contribution in [1.82, 2.24) is 5.32 Å². The summed E-state index contributed by atoms with van der Waals surface area (Å²) in [7, 11) is -4.71. The van der Waals surface area contributed by atoms with E-state index in [0.717, 1.165) is 49.4 Å². The molecule has 220 valence electrons. The van der Waals surface area contributed by atoms with E-state index in [9.17, 15) is 48.7 Å². The molecule has 0 aliphatic carbocycles. The SMILES string of the molecule is CC(=O)N[C@@H]([C@@H]1CN(S(=O)(=O)c2ccc(F)cc2)c2cc(NC(=O)OC(C)(C)C(F)(F)F)ccc2O1)C(F)(F)F. The fraction of sp³-hybridized carbons (Fsp3) is 0.391. The van der Waals surface area contributed by atoms with Crippen LogP contribution in [0.15, 0.2) is 47.4 Å². The van der Waals surface area contributed by atoms with Crippen LogP contribution in [-0.4, -0.2) is 57.1 Å². The minimum atomic E-state index is -5.07. The Bertz CT molecular complexity index is 1380. The zero-order valence-electron chi connectivity index (χ0n) is 20.9. The van der Waals surface area contributed by atoms with Gasteiger partial charge < -0.3 is 14.8 Å². The molecule has 2 amide bonds. The lowest BCUT2D eigenvalue weighted by molar-refractivity contribution is -0.242. The molecular formula is C23H22F7N3O6S. The van der Waals surface area contributed by atoms with Crippen molar-refractivity contribution in [2.45, 2.75) is 55.8 Å². The molecule has 0 radical (unpaired) electrons. The van der Waals surface area contributed by atoms with Gasteiger partial charge in [-0.15, -0.1) is 0 Å². The number of alkyl halides is 6. The number of ether oxygens (including phenoxy) is 2. The summed E-state index contributed by atoms with van der Waals surface area (Å²) in [6.45, 7) is 0.999. The summed E-state index contributed by atoms with van der Waals surface area (Å²) in [6.07, 6.45) is -13.6. The number of hydrogen-bond acceptors (Lipinski definition) is 6. The Hall–Kier alpha value is -3.76. The Labute approximate surface area is 223 Å². The molecule has 0 saturated heterocycles. The maximum atomic E-state index is 13.8. The summed E-state index contributed by atoms with van der Waals surface area (Å²) in [5, 5.41) is 3.68. The van der Waals surface area contributed by atoms with Crippen molar-refractivity contribution < 1.29 is 58.2 Å². The van der Waals surface area contributed by atoms with E-state index in [1.807, 2.05) is 5.32 Å². The van der Waals surface area contributed by atoms with Gasteiger partial charge in [-0.25, -0.2) is 17.6 Å². The fourth-order valence-electron chi connectivity index (χ4n) is 3.52. The van der Waals surface area contributed by atoms with Crippen LogP contribution in [0.1, 0.15) is 20.8 Å². The van der Waals surface area contributed by atoms with Gasteiger partial charge in [0.15, 0.2) is 6.04 Å². The van der Waals surface area contributed by atoms with Crippen LogP contribution in [0, 0.1) is 5.82 Å². The van der Waals surface area contributed by atoms with Gasteiger partial charge in [0.2, 0.25) is 11.5 Å². The number of carbonyl (C=O) groups is 2. The highest BCUT2D eigenvalue weighted by molar-refractivity contribution is 7.92. The molecule has 17 heteroatoms. The van der Waals surface area contributed by atoms with E-state index in [1.54, 1.807) is 5.32 Å². The van der Waals surface area contributed by atoms with Crippen molar-refractivity contribution in [3.63, 3.8) is 0 Å². The minimum absolute atomic E-state index is 0.294. The zero-order chi connectivity index (χ0) is 30.3. The first-order valence-electron chi connectivity index (χ1n) is 11.2. The average Bonchev–Trinajstić information content (AvgIpc) is 2.80. The molecule has 0 bridgehead atoms. The molecule has 2 aromatic carbocycles. The van der Waals surface area contributed by atoms with Gasteiger partial charge >= 0.3 is 18.4 Å². The topological polar surface area (TPSA) is 114 Å². The highest BCUT2D eigenvalue weighted by Gasteiger charge is 2.52. The van der Waals surface area contributed by atoms with Gasteiger partial charge in [-0.3, -0.25) is 14.4 Å². The normalized spacial score (nSPS) is 16.9. The molecule has 2 aromatic rings. The van der Waals surface area contributed by atoms with Gasteiger partial charge in [-0.1, -0.05) is 0 Å². The second kappa shape index (κ2) is 10.7. The van der Waals surface area contributed by atoms with Crippen LogP contribution in [0.2, 0.25) is 0 Å². The Morgan fingerprint density at radius 2 is 1.65 bits per heavy atom. The summed E-state index contributed by atoms with van der Waals surface area (Å²) in [5.41, 5.74) is -3.59. The summed E-state index contributed by atoms with van der Waals surface area (Å²) >= 11 is 0. The molecule has 0 aromatic heterocycles. The molecule has 0 saturated carbocycles. The molecular weight excluding hydrogens is 579 g/mol. The minimum Gasteiger partial charge on any atom is -0.484 e. The lowest BCUT2D eigenvalue weighted by Gasteiger charge is -2.39. The number of halogens is 7. The van der Waals surface area contributed by atoms with E-state index in [2.05, 4.69) is 4.74 Å². The number of rotatable bonds is 6. The van der Waals surface area contributed by atoms with E-state index in [1.165, 1.54) is 0 Å². The van der Waals surface area contributed by atoms with Gasteiger partial charge in [0.25, 0.3) is 10.0 Å². The maximum absolute atomic E-state index is 13.8. The van der Waals surface area contributed by atoms with E-state index < -0.39 is 80.8 Å². The van der Waals surface area contributed by atoms with Crippen molar-refractivity contribution in [2.75, 3.05) is 16.2 Å². The number of sulfonamides is 1. The van der Waals surface area contributed by atoms with E-state index >= 15 is 0 Å². The highest BCUT2D eigenvalue weighted by atomic mass is 32.2. The number of hydrogen-bond donors (Lipinski definition) is 2. The number of anilines is 2. The molecule has 1 aliphatic rings. The lowest BCUT2D eigenvalue weighted by atomic mass is 10.1. The standard InChI is InChI=1S/C23H22F7N3O6S/c1-12(34)31-19(22(25,26)27)18-11-33(40(36,37)15-7-4-13(24)5-8-15)16-10-14(6-9-17(16)38-18)32-20(35)39-21(2,3)23(28,29)30/h4-10,18-19H,11H2,1-3H3,(H,31,34)(H,32,35)/t18-,19-/m0/s1. The number of nitrogens with one attached hydrogen (secondary N) is 2. The van der Waals surface area contributed by atoms with Crippen LogP contribution in [-0.2, 0) is 19.6 Å². The molecule has 9 nitrogen and oxygen atoms in total. The maximum Gasteiger partial charge on any atom is 0.427 e. The highest BCUT2D eigenvalue weighted by Crippen LogP contribution is 2.41. The monoisotopic (exact) mass is 601 g/mol. The van der Waals surface area contributed by atoms with Gasteiger partial charge in [0.1, 0.15) is 17.7 Å².